The molecule has 1 heterocycles. The Hall–Kier alpha value is -2.03. The zero-order chi connectivity index (χ0) is 9.97. The second-order valence-electron chi connectivity index (χ2n) is 2.90. The van der Waals surface area contributed by atoms with E-state index < -0.39 is 0 Å². The fourth-order valence-corrected chi connectivity index (χ4v) is 1.23. The van der Waals surface area contributed by atoms with E-state index in [4.69, 9.17) is 5.73 Å². The minimum Gasteiger partial charge on any atom is -0.508 e. The first kappa shape index (κ1) is 8.56. The van der Waals surface area contributed by atoms with E-state index in [1.165, 1.54) is 6.07 Å². The van der Waals surface area contributed by atoms with Crippen LogP contribution in [0, 0.1) is 6.07 Å². The van der Waals surface area contributed by atoms with Gasteiger partial charge in [-0.3, -0.25) is 4.98 Å². The monoisotopic (exact) mass is 185 g/mol. The summed E-state index contributed by atoms with van der Waals surface area (Å²) < 4.78 is 0. The van der Waals surface area contributed by atoms with Gasteiger partial charge in [-0.1, -0.05) is 6.07 Å². The first-order valence-electron chi connectivity index (χ1n) is 4.19. The highest BCUT2D eigenvalue weighted by Gasteiger charge is 2.04. The van der Waals surface area contributed by atoms with Gasteiger partial charge in [0.05, 0.1) is 5.69 Å². The van der Waals surface area contributed by atoms with E-state index in [1.807, 2.05) is 18.2 Å². The molecule has 0 atom stereocenters. The topological polar surface area (TPSA) is 59.1 Å². The van der Waals surface area contributed by atoms with E-state index in [2.05, 4.69) is 11.1 Å². The number of nitrogens with two attached hydrogens (primary N) is 1. The summed E-state index contributed by atoms with van der Waals surface area (Å²) >= 11 is 0. The molecule has 2 aromatic rings. The zero-order valence-electron chi connectivity index (χ0n) is 7.44. The first-order chi connectivity index (χ1) is 6.77. The van der Waals surface area contributed by atoms with Crippen molar-refractivity contribution < 1.29 is 5.11 Å². The van der Waals surface area contributed by atoms with Gasteiger partial charge in [0.15, 0.2) is 0 Å². The summed E-state index contributed by atoms with van der Waals surface area (Å²) in [4.78, 5) is 4.14. The molecule has 3 nitrogen and oxygen atoms in total. The highest BCUT2D eigenvalue weighted by atomic mass is 16.3. The summed E-state index contributed by atoms with van der Waals surface area (Å²) in [5, 5.41) is 9.28. The van der Waals surface area contributed by atoms with E-state index in [9.17, 15) is 5.11 Å². The molecule has 2 rings (SSSR count). The molecule has 0 saturated carbocycles. The van der Waals surface area contributed by atoms with E-state index >= 15 is 0 Å². The normalized spacial score (nSPS) is 10.0. The average molecular weight is 185 g/mol. The van der Waals surface area contributed by atoms with Gasteiger partial charge in [-0.2, -0.15) is 0 Å². The Balaban J connectivity index is 2.57. The number of nitrogens with zero attached hydrogens (tertiary/aromatic N) is 1. The maximum absolute atomic E-state index is 9.28. The summed E-state index contributed by atoms with van der Waals surface area (Å²) in [7, 11) is 0. The van der Waals surface area contributed by atoms with Crippen molar-refractivity contribution in [2.45, 2.75) is 0 Å². The van der Waals surface area contributed by atoms with Crippen molar-refractivity contribution in [3.8, 4) is 17.0 Å². The Labute approximate surface area is 81.8 Å². The van der Waals surface area contributed by atoms with Crippen LogP contribution in [-0.2, 0) is 0 Å². The predicted octanol–water partition coefficient (Wildman–Crippen LogP) is 1.84. The van der Waals surface area contributed by atoms with Gasteiger partial charge in [0.25, 0.3) is 0 Å². The van der Waals surface area contributed by atoms with Crippen molar-refractivity contribution in [2.24, 2.45) is 0 Å². The van der Waals surface area contributed by atoms with Gasteiger partial charge in [-0.25, -0.2) is 0 Å². The third-order valence-corrected chi connectivity index (χ3v) is 1.90. The van der Waals surface area contributed by atoms with Crippen LogP contribution in [0.2, 0.25) is 0 Å². The Kier molecular flexibility index (Phi) is 2.07. The van der Waals surface area contributed by atoms with E-state index in [0.29, 0.717) is 11.3 Å². The molecule has 0 aliphatic rings. The molecule has 3 N–H and O–H groups in total. The molecule has 0 fully saturated rings. The largest absolute Gasteiger partial charge is 0.508 e. The number of hydrogen-bond acceptors (Lipinski definition) is 3. The number of nitrogen functional groups attached to an aromatic ring is 1. The molecule has 14 heavy (non-hydrogen) atoms. The Morgan fingerprint density at radius 3 is 2.93 bits per heavy atom. The van der Waals surface area contributed by atoms with Crippen LogP contribution in [0.4, 0.5) is 5.69 Å². The van der Waals surface area contributed by atoms with Gasteiger partial charge < -0.3 is 10.8 Å². The summed E-state index contributed by atoms with van der Waals surface area (Å²) in [6.07, 6.45) is 1.68. The van der Waals surface area contributed by atoms with Crippen LogP contribution in [0.3, 0.4) is 0 Å². The van der Waals surface area contributed by atoms with Crippen LogP contribution in [0.1, 0.15) is 0 Å². The molecule has 1 aromatic carbocycles. The van der Waals surface area contributed by atoms with E-state index in [-0.39, 0.29) is 5.75 Å². The van der Waals surface area contributed by atoms with Crippen molar-refractivity contribution in [1.82, 2.24) is 4.98 Å². The molecule has 0 unspecified atom stereocenters. The SMILES string of the molecule is Nc1[c]cc(O)cc1-c1ccccn1. The van der Waals surface area contributed by atoms with Gasteiger partial charge >= 0.3 is 0 Å². The molecule has 1 radical (unpaired) electrons. The summed E-state index contributed by atoms with van der Waals surface area (Å²) in [5.74, 6) is 0.139. The fourth-order valence-electron chi connectivity index (χ4n) is 1.23. The van der Waals surface area contributed by atoms with Gasteiger partial charge in [-0.15, -0.1) is 0 Å². The predicted molar refractivity (Wildman–Crippen MR) is 54.6 cm³/mol. The van der Waals surface area contributed by atoms with Crippen molar-refractivity contribution in [1.29, 1.82) is 0 Å². The lowest BCUT2D eigenvalue weighted by molar-refractivity contribution is 0.475. The number of hydrogen-bond donors (Lipinski definition) is 2. The molecule has 0 aliphatic carbocycles. The van der Waals surface area contributed by atoms with E-state index in [0.717, 1.165) is 5.69 Å². The number of phenols is 1. The van der Waals surface area contributed by atoms with Gasteiger partial charge in [0, 0.05) is 23.5 Å². The van der Waals surface area contributed by atoms with Crippen molar-refractivity contribution in [3.05, 3.63) is 42.6 Å². The van der Waals surface area contributed by atoms with Crippen molar-refractivity contribution in [3.63, 3.8) is 0 Å². The van der Waals surface area contributed by atoms with Crippen LogP contribution in [-0.4, -0.2) is 10.1 Å². The van der Waals surface area contributed by atoms with Crippen LogP contribution in [0.5, 0.6) is 5.75 Å². The summed E-state index contributed by atoms with van der Waals surface area (Å²) in [6, 6.07) is 11.3. The van der Waals surface area contributed by atoms with Crippen molar-refractivity contribution >= 4 is 5.69 Å². The minimum atomic E-state index is 0.139. The molecule has 0 aliphatic heterocycles. The quantitative estimate of drug-likeness (QED) is 0.526. The number of phenolic OH excluding ortho intramolecular Hbond substituents is 1. The van der Waals surface area contributed by atoms with Crippen LogP contribution < -0.4 is 5.73 Å². The van der Waals surface area contributed by atoms with Crippen molar-refractivity contribution in [2.75, 3.05) is 5.73 Å². The lowest BCUT2D eigenvalue weighted by Crippen LogP contribution is -1.91. The minimum absolute atomic E-state index is 0.139. The van der Waals surface area contributed by atoms with Crippen LogP contribution >= 0.6 is 0 Å². The molecule has 0 amide bonds. The Morgan fingerprint density at radius 1 is 1.36 bits per heavy atom. The number of pyridine rings is 1. The molecule has 0 saturated heterocycles. The van der Waals surface area contributed by atoms with E-state index in [1.54, 1.807) is 12.3 Å². The summed E-state index contributed by atoms with van der Waals surface area (Å²) in [6.45, 7) is 0. The molecule has 0 bridgehead atoms. The highest BCUT2D eigenvalue weighted by Crippen LogP contribution is 2.26. The zero-order valence-corrected chi connectivity index (χ0v) is 7.44. The fraction of sp³-hybridized carbons (Fsp3) is 0. The average Bonchev–Trinajstić information content (AvgIpc) is 2.23. The smallest absolute Gasteiger partial charge is 0.117 e. The third kappa shape index (κ3) is 1.52. The number of anilines is 1. The second kappa shape index (κ2) is 3.38. The Bertz CT molecular complexity index is 440. The molecule has 0 spiro atoms. The number of aromatic nitrogens is 1. The van der Waals surface area contributed by atoms with Gasteiger partial charge in [0.1, 0.15) is 5.75 Å². The highest BCUT2D eigenvalue weighted by molar-refractivity contribution is 5.74. The number of rotatable bonds is 1. The maximum Gasteiger partial charge on any atom is 0.117 e. The lowest BCUT2D eigenvalue weighted by Gasteiger charge is -2.04. The third-order valence-electron chi connectivity index (χ3n) is 1.90. The van der Waals surface area contributed by atoms with Crippen LogP contribution in [0.25, 0.3) is 11.3 Å². The van der Waals surface area contributed by atoms with Gasteiger partial charge in [0.2, 0.25) is 0 Å². The summed E-state index contributed by atoms with van der Waals surface area (Å²) in [5.41, 5.74) is 7.64. The number of aromatic hydroxyl groups is 1. The molecule has 3 heteroatoms. The maximum atomic E-state index is 9.28. The van der Waals surface area contributed by atoms with Gasteiger partial charge in [-0.05, 0) is 24.3 Å². The first-order valence-corrected chi connectivity index (χ1v) is 4.19. The lowest BCUT2D eigenvalue weighted by atomic mass is 10.1. The van der Waals surface area contributed by atoms with Crippen LogP contribution in [0.15, 0.2) is 36.5 Å². The molecule has 1 aromatic heterocycles. The molecular formula is C11H9N2O. The second-order valence-corrected chi connectivity index (χ2v) is 2.90. The number of benzene rings is 1. The molecule has 69 valence electrons. The Morgan fingerprint density at radius 2 is 2.21 bits per heavy atom. The standard InChI is InChI=1S/C11H9N2O/c12-10-5-4-8(14)7-9(10)11-3-1-2-6-13-11/h1-4,6-7,14H,12H2. The molecular weight excluding hydrogens is 176 g/mol.